The molecule has 3 nitrogen and oxygen atoms in total. The smallest absolute Gasteiger partial charge is 0.278 e. The Morgan fingerprint density at radius 2 is 2.00 bits per heavy atom. The first-order valence-corrected chi connectivity index (χ1v) is 9.41. The highest BCUT2D eigenvalue weighted by Gasteiger charge is 2.16. The van der Waals surface area contributed by atoms with Gasteiger partial charge in [0.25, 0.3) is 8.32 Å². The SMILES string of the molecule is CCCC(C#N)CC/C(C)=N/O[Si](C)(C)C. The molecular formula is C12H24N2OSi. The summed E-state index contributed by atoms with van der Waals surface area (Å²) in [4.78, 5) is 0. The van der Waals surface area contributed by atoms with Crippen molar-refractivity contribution in [3.63, 3.8) is 0 Å². The van der Waals surface area contributed by atoms with Crippen LogP contribution in [0, 0.1) is 17.2 Å². The molecule has 0 spiro atoms. The predicted octanol–water partition coefficient (Wildman–Crippen LogP) is 3.93. The summed E-state index contributed by atoms with van der Waals surface area (Å²) in [5, 5.41) is 13.0. The van der Waals surface area contributed by atoms with Crippen molar-refractivity contribution in [1.82, 2.24) is 0 Å². The topological polar surface area (TPSA) is 45.4 Å². The van der Waals surface area contributed by atoms with Crippen LogP contribution in [0.25, 0.3) is 0 Å². The summed E-state index contributed by atoms with van der Waals surface area (Å²) in [5.74, 6) is 0.169. The van der Waals surface area contributed by atoms with Crippen LogP contribution < -0.4 is 0 Å². The number of nitriles is 1. The summed E-state index contributed by atoms with van der Waals surface area (Å²) in [6, 6.07) is 2.34. The molecule has 0 aliphatic heterocycles. The summed E-state index contributed by atoms with van der Waals surface area (Å²) in [7, 11) is -1.55. The van der Waals surface area contributed by atoms with E-state index in [0.29, 0.717) is 0 Å². The maximum absolute atomic E-state index is 8.91. The fraction of sp³-hybridized carbons (Fsp3) is 0.833. The maximum atomic E-state index is 8.91. The average Bonchev–Trinajstić information content (AvgIpc) is 2.20. The molecule has 0 heterocycles. The summed E-state index contributed by atoms with van der Waals surface area (Å²) in [6.45, 7) is 10.4. The minimum atomic E-state index is -1.55. The van der Waals surface area contributed by atoms with Gasteiger partial charge in [0.05, 0.1) is 11.8 Å². The molecule has 0 rings (SSSR count). The second kappa shape index (κ2) is 7.45. The van der Waals surface area contributed by atoms with Gasteiger partial charge in [-0.25, -0.2) is 0 Å². The lowest BCUT2D eigenvalue weighted by Gasteiger charge is -2.14. The van der Waals surface area contributed by atoms with E-state index < -0.39 is 8.32 Å². The monoisotopic (exact) mass is 240 g/mol. The maximum Gasteiger partial charge on any atom is 0.278 e. The summed E-state index contributed by atoms with van der Waals surface area (Å²) >= 11 is 0. The van der Waals surface area contributed by atoms with Crippen LogP contribution in [0.15, 0.2) is 5.16 Å². The van der Waals surface area contributed by atoms with E-state index >= 15 is 0 Å². The van der Waals surface area contributed by atoms with E-state index in [1.54, 1.807) is 0 Å². The van der Waals surface area contributed by atoms with Crippen LogP contribution in [0.4, 0.5) is 0 Å². The molecular weight excluding hydrogens is 216 g/mol. The Kier molecular flexibility index (Phi) is 7.07. The Labute approximate surface area is 101 Å². The summed E-state index contributed by atoms with van der Waals surface area (Å²) < 4.78 is 5.46. The van der Waals surface area contributed by atoms with E-state index in [4.69, 9.17) is 9.79 Å². The molecule has 0 aliphatic carbocycles. The Morgan fingerprint density at radius 3 is 2.44 bits per heavy atom. The minimum Gasteiger partial charge on any atom is -0.456 e. The quantitative estimate of drug-likeness (QED) is 0.384. The largest absolute Gasteiger partial charge is 0.456 e. The van der Waals surface area contributed by atoms with Crippen LogP contribution in [0.2, 0.25) is 19.6 Å². The number of hydrogen-bond donors (Lipinski definition) is 0. The first-order chi connectivity index (χ1) is 7.39. The molecule has 0 fully saturated rings. The van der Waals surface area contributed by atoms with Gasteiger partial charge in [0.1, 0.15) is 0 Å². The Hall–Kier alpha value is -0.823. The van der Waals surface area contributed by atoms with Gasteiger partial charge >= 0.3 is 0 Å². The molecule has 0 aromatic carbocycles. The van der Waals surface area contributed by atoms with E-state index in [1.807, 2.05) is 6.92 Å². The lowest BCUT2D eigenvalue weighted by molar-refractivity contribution is 0.333. The normalized spacial score (nSPS) is 14.4. The van der Waals surface area contributed by atoms with Gasteiger partial charge in [0.2, 0.25) is 0 Å². The standard InChI is InChI=1S/C12H24N2OSi/c1-6-7-12(10-13)9-8-11(2)14-15-16(3,4)5/h12H,6-9H2,1-5H3/b14-11+. The summed E-state index contributed by atoms with van der Waals surface area (Å²) in [6.07, 6.45) is 3.82. The van der Waals surface area contributed by atoms with Gasteiger partial charge in [-0.3, -0.25) is 0 Å². The Balaban J connectivity index is 3.96. The number of oxime groups is 1. The van der Waals surface area contributed by atoms with Crippen molar-refractivity contribution >= 4 is 14.0 Å². The third kappa shape index (κ3) is 8.48. The predicted molar refractivity (Wildman–Crippen MR) is 70.8 cm³/mol. The van der Waals surface area contributed by atoms with E-state index in [1.165, 1.54) is 0 Å². The number of rotatable bonds is 7. The Morgan fingerprint density at radius 1 is 1.38 bits per heavy atom. The fourth-order valence-corrected chi connectivity index (χ4v) is 1.70. The van der Waals surface area contributed by atoms with Crippen molar-refractivity contribution in [2.75, 3.05) is 0 Å². The molecule has 0 aromatic heterocycles. The van der Waals surface area contributed by atoms with Crippen molar-refractivity contribution in [2.45, 2.75) is 59.2 Å². The van der Waals surface area contributed by atoms with Crippen molar-refractivity contribution in [3.05, 3.63) is 0 Å². The van der Waals surface area contributed by atoms with Crippen molar-refractivity contribution in [1.29, 1.82) is 5.26 Å². The van der Waals surface area contributed by atoms with E-state index in [9.17, 15) is 0 Å². The molecule has 4 heteroatoms. The van der Waals surface area contributed by atoms with Gasteiger partial charge in [0.15, 0.2) is 0 Å². The highest BCUT2D eigenvalue weighted by atomic mass is 28.4. The molecule has 1 unspecified atom stereocenters. The molecule has 0 amide bonds. The highest BCUT2D eigenvalue weighted by Crippen LogP contribution is 2.13. The zero-order valence-corrected chi connectivity index (χ0v) is 12.2. The third-order valence-corrected chi connectivity index (χ3v) is 2.79. The molecule has 0 saturated carbocycles. The van der Waals surface area contributed by atoms with Crippen LogP contribution >= 0.6 is 0 Å². The van der Waals surface area contributed by atoms with Gasteiger partial charge < -0.3 is 4.53 Å². The molecule has 16 heavy (non-hydrogen) atoms. The van der Waals surface area contributed by atoms with Crippen LogP contribution in [-0.4, -0.2) is 14.0 Å². The lowest BCUT2D eigenvalue weighted by Crippen LogP contribution is -2.22. The molecule has 92 valence electrons. The zero-order chi connectivity index (χ0) is 12.6. The van der Waals surface area contributed by atoms with Gasteiger partial charge in [-0.15, -0.1) is 5.16 Å². The molecule has 0 N–H and O–H groups in total. The van der Waals surface area contributed by atoms with Gasteiger partial charge in [0, 0.05) is 5.92 Å². The Bertz CT molecular complexity index is 263. The zero-order valence-electron chi connectivity index (χ0n) is 11.2. The van der Waals surface area contributed by atoms with Crippen molar-refractivity contribution in [3.8, 4) is 6.07 Å². The van der Waals surface area contributed by atoms with Gasteiger partial charge in [-0.05, 0) is 45.8 Å². The van der Waals surface area contributed by atoms with Crippen LogP contribution in [0.1, 0.15) is 39.5 Å². The lowest BCUT2D eigenvalue weighted by atomic mass is 9.98. The summed E-state index contributed by atoms with van der Waals surface area (Å²) in [5.41, 5.74) is 0.999. The van der Waals surface area contributed by atoms with Gasteiger partial charge in [-0.1, -0.05) is 13.3 Å². The molecule has 0 aliphatic rings. The number of hydrogen-bond acceptors (Lipinski definition) is 3. The first kappa shape index (κ1) is 15.2. The van der Waals surface area contributed by atoms with Crippen LogP contribution in [-0.2, 0) is 4.53 Å². The molecule has 0 radical (unpaired) electrons. The average molecular weight is 240 g/mol. The van der Waals surface area contributed by atoms with E-state index in [0.717, 1.165) is 31.4 Å². The fourth-order valence-electron chi connectivity index (χ4n) is 1.27. The second-order valence-electron chi connectivity index (χ2n) is 5.18. The van der Waals surface area contributed by atoms with Crippen molar-refractivity contribution < 1.29 is 4.53 Å². The molecule has 0 aromatic rings. The number of nitrogens with zero attached hydrogens (tertiary/aromatic N) is 2. The molecule has 1 atom stereocenters. The van der Waals surface area contributed by atoms with Gasteiger partial charge in [-0.2, -0.15) is 5.26 Å². The highest BCUT2D eigenvalue weighted by molar-refractivity contribution is 6.69. The minimum absolute atomic E-state index is 0.169. The first-order valence-electron chi connectivity index (χ1n) is 6.00. The molecule has 0 saturated heterocycles. The second-order valence-corrected chi connectivity index (χ2v) is 9.59. The molecule has 0 bridgehead atoms. The van der Waals surface area contributed by atoms with Crippen molar-refractivity contribution in [2.24, 2.45) is 11.1 Å². The third-order valence-electron chi connectivity index (χ3n) is 2.15. The van der Waals surface area contributed by atoms with Crippen LogP contribution in [0.5, 0.6) is 0 Å². The van der Waals surface area contributed by atoms with E-state index in [-0.39, 0.29) is 5.92 Å². The van der Waals surface area contributed by atoms with E-state index in [2.05, 4.69) is 37.8 Å². The van der Waals surface area contributed by atoms with Crippen LogP contribution in [0.3, 0.4) is 0 Å².